The van der Waals surface area contributed by atoms with Crippen molar-refractivity contribution < 1.29 is 80.2 Å². The molecule has 0 saturated carbocycles. The lowest BCUT2D eigenvalue weighted by atomic mass is 9.99. The summed E-state index contributed by atoms with van der Waals surface area (Å²) < 4.78 is 68.1. The van der Waals surface area contributed by atoms with Gasteiger partial charge in [-0.1, -0.05) is 274 Å². The number of rotatable bonds is 64. The van der Waals surface area contributed by atoms with Crippen molar-refractivity contribution in [1.29, 1.82) is 0 Å². The fraction of sp³-hybridized carbons (Fsp3) is 0.940. The number of esters is 4. The Morgan fingerprint density at radius 2 is 0.558 bits per heavy atom. The summed E-state index contributed by atoms with van der Waals surface area (Å²) >= 11 is 0. The molecule has 0 fully saturated rings. The van der Waals surface area contributed by atoms with Crippen molar-refractivity contribution >= 4 is 39.5 Å². The third-order valence-electron chi connectivity index (χ3n) is 16.0. The highest BCUT2D eigenvalue weighted by Gasteiger charge is 2.30. The third kappa shape index (κ3) is 58.4. The van der Waals surface area contributed by atoms with Crippen LogP contribution in [0.5, 0.6) is 0 Å². The minimum absolute atomic E-state index is 0.102. The Labute approximate surface area is 524 Å². The normalized spacial score (nSPS) is 15.0. The van der Waals surface area contributed by atoms with Gasteiger partial charge in [0.25, 0.3) is 0 Å². The fourth-order valence-electron chi connectivity index (χ4n) is 9.89. The van der Waals surface area contributed by atoms with Crippen molar-refractivity contribution in [3.8, 4) is 0 Å². The van der Waals surface area contributed by atoms with E-state index in [0.29, 0.717) is 31.6 Å². The van der Waals surface area contributed by atoms with E-state index >= 15 is 0 Å². The molecule has 0 aliphatic heterocycles. The summed E-state index contributed by atoms with van der Waals surface area (Å²) in [6.07, 6.45) is 37.7. The van der Waals surface area contributed by atoms with E-state index in [0.717, 1.165) is 114 Å². The second-order valence-electron chi connectivity index (χ2n) is 25.6. The van der Waals surface area contributed by atoms with Gasteiger partial charge in [-0.2, -0.15) is 0 Å². The van der Waals surface area contributed by atoms with Crippen molar-refractivity contribution in [1.82, 2.24) is 0 Å². The molecule has 0 aromatic carbocycles. The van der Waals surface area contributed by atoms with Crippen LogP contribution >= 0.6 is 15.6 Å². The summed E-state index contributed by atoms with van der Waals surface area (Å²) in [5.74, 6) is 0.823. The molecule has 3 N–H and O–H groups in total. The van der Waals surface area contributed by atoms with E-state index in [1.807, 2.05) is 0 Å². The van der Waals surface area contributed by atoms with Crippen LogP contribution in [0.1, 0.15) is 325 Å². The molecule has 0 radical (unpaired) electrons. The van der Waals surface area contributed by atoms with E-state index < -0.39 is 97.5 Å². The molecule has 0 heterocycles. The lowest BCUT2D eigenvalue weighted by molar-refractivity contribution is -0.161. The highest BCUT2D eigenvalue weighted by Crippen LogP contribution is 2.45. The lowest BCUT2D eigenvalue weighted by Gasteiger charge is -2.21. The number of unbranched alkanes of at least 4 members (excludes halogenated alkanes) is 28. The van der Waals surface area contributed by atoms with Gasteiger partial charge in [-0.05, 0) is 49.4 Å². The standard InChI is InChI=1S/C67H130O17P2/c1-9-59(7)45-37-29-20-16-12-14-18-22-33-41-49-66(71)83-62(54-78-65(70)48-40-32-25-23-28-36-44-58(5)6)55-81-85(73,74)79-51-61(68)52-80-86(75,76)82-56-63(84-67(72)50-42-34-26-24-30-38-46-60(8)10-2)53-77-64(69)47-39-31-21-17-13-11-15-19-27-35-43-57(3)4/h57-63,68H,9-56H2,1-8H3,(H,73,74)(H,75,76)/t59?,60?,61-,62+,63+/m0/s1. The van der Waals surface area contributed by atoms with Crippen LogP contribution in [0, 0.1) is 23.7 Å². The molecule has 0 aliphatic rings. The smallest absolute Gasteiger partial charge is 0.462 e. The maximum atomic E-state index is 13.0. The summed E-state index contributed by atoms with van der Waals surface area (Å²) in [5, 5.41) is 10.6. The average molecular weight is 1270 g/mol. The van der Waals surface area contributed by atoms with Crippen LogP contribution in [0.15, 0.2) is 0 Å². The van der Waals surface area contributed by atoms with Crippen LogP contribution < -0.4 is 0 Å². The first kappa shape index (κ1) is 84.1. The number of phosphoric acid groups is 2. The molecule has 0 saturated heterocycles. The molecule has 0 amide bonds. The number of ether oxygens (including phenoxy) is 4. The van der Waals surface area contributed by atoms with Crippen LogP contribution in [-0.2, 0) is 65.4 Å². The predicted octanol–water partition coefficient (Wildman–Crippen LogP) is 18.5. The van der Waals surface area contributed by atoms with Gasteiger partial charge in [-0.15, -0.1) is 0 Å². The monoisotopic (exact) mass is 1270 g/mol. The number of carbonyl (C=O) groups excluding carboxylic acids is 4. The number of aliphatic hydroxyl groups is 1. The molecule has 0 rings (SSSR count). The Hall–Kier alpha value is -1.94. The zero-order valence-electron chi connectivity index (χ0n) is 55.9. The van der Waals surface area contributed by atoms with Crippen molar-refractivity contribution in [3.63, 3.8) is 0 Å². The van der Waals surface area contributed by atoms with Gasteiger partial charge < -0.3 is 33.8 Å². The number of phosphoric ester groups is 2. The highest BCUT2D eigenvalue weighted by atomic mass is 31.2. The van der Waals surface area contributed by atoms with Crippen molar-refractivity contribution in [2.45, 2.75) is 343 Å². The average Bonchev–Trinajstić information content (AvgIpc) is 3.69. The Balaban J connectivity index is 5.24. The molecule has 0 aromatic rings. The minimum Gasteiger partial charge on any atom is -0.462 e. The van der Waals surface area contributed by atoms with Gasteiger partial charge in [0.15, 0.2) is 12.2 Å². The second-order valence-corrected chi connectivity index (χ2v) is 28.6. The number of carbonyl (C=O) groups is 4. The lowest BCUT2D eigenvalue weighted by Crippen LogP contribution is -2.30. The van der Waals surface area contributed by atoms with Crippen LogP contribution in [0.25, 0.3) is 0 Å². The first-order chi connectivity index (χ1) is 41.2. The van der Waals surface area contributed by atoms with Crippen LogP contribution in [0.4, 0.5) is 0 Å². The van der Waals surface area contributed by atoms with E-state index in [4.69, 9.17) is 37.0 Å². The predicted molar refractivity (Wildman–Crippen MR) is 344 cm³/mol. The fourth-order valence-corrected chi connectivity index (χ4v) is 11.5. The van der Waals surface area contributed by atoms with Crippen molar-refractivity contribution in [2.24, 2.45) is 23.7 Å². The van der Waals surface area contributed by atoms with Crippen LogP contribution in [0.2, 0.25) is 0 Å². The Kier molecular flexibility index (Phi) is 55.7. The largest absolute Gasteiger partial charge is 0.472 e. The Morgan fingerprint density at radius 1 is 0.326 bits per heavy atom. The summed E-state index contributed by atoms with van der Waals surface area (Å²) in [6, 6.07) is 0. The van der Waals surface area contributed by atoms with E-state index in [9.17, 15) is 43.2 Å². The summed E-state index contributed by atoms with van der Waals surface area (Å²) in [6.45, 7) is 14.0. The van der Waals surface area contributed by atoms with Crippen LogP contribution in [-0.4, -0.2) is 96.7 Å². The molecule has 4 unspecified atom stereocenters. The Bertz CT molecular complexity index is 1720. The van der Waals surface area contributed by atoms with E-state index in [1.165, 1.54) is 122 Å². The van der Waals surface area contributed by atoms with Gasteiger partial charge >= 0.3 is 39.5 Å². The SMILES string of the molecule is CCC(C)CCCCCCCCCCCCC(=O)O[C@H](COC(=O)CCCCCCCCC(C)C)COP(=O)(O)OC[C@H](O)COP(=O)(O)OC[C@@H](COC(=O)CCCCCCCCCCCCC(C)C)OC(=O)CCCCCCCCC(C)CC. The molecular formula is C67H130O17P2. The molecule has 86 heavy (non-hydrogen) atoms. The molecule has 7 atom stereocenters. The molecule has 0 bridgehead atoms. The van der Waals surface area contributed by atoms with E-state index in [1.54, 1.807) is 0 Å². The molecule has 0 aromatic heterocycles. The molecule has 19 heteroatoms. The maximum Gasteiger partial charge on any atom is 0.472 e. The van der Waals surface area contributed by atoms with Gasteiger partial charge in [0.05, 0.1) is 26.4 Å². The Morgan fingerprint density at radius 3 is 0.826 bits per heavy atom. The van der Waals surface area contributed by atoms with Crippen molar-refractivity contribution in [2.75, 3.05) is 39.6 Å². The molecule has 510 valence electrons. The summed E-state index contributed by atoms with van der Waals surface area (Å²) in [5.41, 5.74) is 0. The molecular weight excluding hydrogens is 1140 g/mol. The van der Waals surface area contributed by atoms with Gasteiger partial charge in [0.1, 0.15) is 19.3 Å². The molecule has 0 spiro atoms. The summed E-state index contributed by atoms with van der Waals surface area (Å²) in [7, 11) is -9.90. The first-order valence-corrected chi connectivity index (χ1v) is 37.8. The second kappa shape index (κ2) is 57.0. The third-order valence-corrected chi connectivity index (χ3v) is 17.9. The van der Waals surface area contributed by atoms with Crippen molar-refractivity contribution in [3.05, 3.63) is 0 Å². The van der Waals surface area contributed by atoms with E-state index in [-0.39, 0.29) is 25.7 Å². The number of hydrogen-bond acceptors (Lipinski definition) is 15. The molecule has 0 aliphatic carbocycles. The highest BCUT2D eigenvalue weighted by molar-refractivity contribution is 7.47. The first-order valence-electron chi connectivity index (χ1n) is 34.8. The minimum atomic E-state index is -4.95. The van der Waals surface area contributed by atoms with Crippen LogP contribution in [0.3, 0.4) is 0 Å². The zero-order chi connectivity index (χ0) is 63.9. The summed E-state index contributed by atoms with van der Waals surface area (Å²) in [4.78, 5) is 72.3. The quantitative estimate of drug-likeness (QED) is 0.0222. The van der Waals surface area contributed by atoms with Gasteiger partial charge in [-0.25, -0.2) is 9.13 Å². The number of aliphatic hydroxyl groups excluding tert-OH is 1. The van der Waals surface area contributed by atoms with Gasteiger partial charge in [-0.3, -0.25) is 37.3 Å². The maximum absolute atomic E-state index is 13.0. The van der Waals surface area contributed by atoms with Gasteiger partial charge in [0, 0.05) is 25.7 Å². The van der Waals surface area contributed by atoms with E-state index in [2.05, 4.69) is 55.4 Å². The zero-order valence-corrected chi connectivity index (χ0v) is 57.7. The number of hydrogen-bond donors (Lipinski definition) is 3. The van der Waals surface area contributed by atoms with Gasteiger partial charge in [0.2, 0.25) is 0 Å². The molecule has 17 nitrogen and oxygen atoms in total. The topological polar surface area (TPSA) is 237 Å².